The zero-order valence-electron chi connectivity index (χ0n) is 10.7. The SMILES string of the molecule is Fc1ccc(-c2csc(NCc3ccccc3)n2)cc1. The van der Waals surface area contributed by atoms with Crippen LogP contribution in [0.4, 0.5) is 9.52 Å². The molecule has 0 fully saturated rings. The van der Waals surface area contributed by atoms with Gasteiger partial charge >= 0.3 is 0 Å². The minimum Gasteiger partial charge on any atom is -0.357 e. The molecule has 0 spiro atoms. The van der Waals surface area contributed by atoms with E-state index in [1.807, 2.05) is 23.6 Å². The van der Waals surface area contributed by atoms with Gasteiger partial charge in [0.1, 0.15) is 5.82 Å². The quantitative estimate of drug-likeness (QED) is 0.759. The molecule has 0 unspecified atom stereocenters. The molecule has 3 aromatic rings. The summed E-state index contributed by atoms with van der Waals surface area (Å²) in [5, 5.41) is 6.14. The van der Waals surface area contributed by atoms with Crippen molar-refractivity contribution in [2.24, 2.45) is 0 Å². The molecule has 0 radical (unpaired) electrons. The zero-order valence-corrected chi connectivity index (χ0v) is 11.5. The van der Waals surface area contributed by atoms with Gasteiger partial charge in [0, 0.05) is 17.5 Å². The maximum atomic E-state index is 12.9. The smallest absolute Gasteiger partial charge is 0.183 e. The number of thiazole rings is 1. The lowest BCUT2D eigenvalue weighted by Crippen LogP contribution is -1.98. The molecule has 20 heavy (non-hydrogen) atoms. The highest BCUT2D eigenvalue weighted by atomic mass is 32.1. The van der Waals surface area contributed by atoms with Gasteiger partial charge in [-0.2, -0.15) is 0 Å². The highest BCUT2D eigenvalue weighted by Crippen LogP contribution is 2.25. The van der Waals surface area contributed by atoms with Crippen LogP contribution in [0, 0.1) is 5.82 Å². The van der Waals surface area contributed by atoms with Crippen LogP contribution in [-0.4, -0.2) is 4.98 Å². The highest BCUT2D eigenvalue weighted by molar-refractivity contribution is 7.14. The largest absolute Gasteiger partial charge is 0.357 e. The van der Waals surface area contributed by atoms with E-state index in [1.54, 1.807) is 23.5 Å². The van der Waals surface area contributed by atoms with Gasteiger partial charge in [0.05, 0.1) is 5.69 Å². The van der Waals surface area contributed by atoms with Gasteiger partial charge in [0.25, 0.3) is 0 Å². The lowest BCUT2D eigenvalue weighted by atomic mass is 10.2. The molecule has 0 saturated heterocycles. The third kappa shape index (κ3) is 3.03. The molecular weight excluding hydrogens is 271 g/mol. The third-order valence-electron chi connectivity index (χ3n) is 2.93. The van der Waals surface area contributed by atoms with Crippen molar-refractivity contribution in [2.45, 2.75) is 6.54 Å². The summed E-state index contributed by atoms with van der Waals surface area (Å²) in [5.74, 6) is -0.230. The molecule has 0 aliphatic rings. The number of halogens is 1. The van der Waals surface area contributed by atoms with Gasteiger partial charge < -0.3 is 5.32 Å². The first-order chi connectivity index (χ1) is 9.81. The topological polar surface area (TPSA) is 24.9 Å². The van der Waals surface area contributed by atoms with Crippen molar-refractivity contribution in [1.29, 1.82) is 0 Å². The number of hydrogen-bond acceptors (Lipinski definition) is 3. The van der Waals surface area contributed by atoms with Crippen LogP contribution in [0.3, 0.4) is 0 Å². The summed E-state index contributed by atoms with van der Waals surface area (Å²) < 4.78 is 12.9. The van der Waals surface area contributed by atoms with Crippen LogP contribution >= 0.6 is 11.3 Å². The molecule has 0 atom stereocenters. The summed E-state index contributed by atoms with van der Waals surface area (Å²) >= 11 is 1.55. The van der Waals surface area contributed by atoms with E-state index in [2.05, 4.69) is 22.4 Å². The summed E-state index contributed by atoms with van der Waals surface area (Å²) in [6.45, 7) is 0.747. The first-order valence-corrected chi connectivity index (χ1v) is 7.18. The molecule has 1 N–H and O–H groups in total. The Kier molecular flexibility index (Phi) is 3.74. The van der Waals surface area contributed by atoms with E-state index in [-0.39, 0.29) is 5.82 Å². The molecule has 0 bridgehead atoms. The van der Waals surface area contributed by atoms with Crippen LogP contribution < -0.4 is 5.32 Å². The Bertz CT molecular complexity index is 677. The van der Waals surface area contributed by atoms with Crippen LogP contribution in [0.2, 0.25) is 0 Å². The lowest BCUT2D eigenvalue weighted by molar-refractivity contribution is 0.628. The van der Waals surface area contributed by atoms with Gasteiger partial charge in [-0.3, -0.25) is 0 Å². The summed E-state index contributed by atoms with van der Waals surface area (Å²) in [7, 11) is 0. The number of anilines is 1. The average Bonchev–Trinajstić information content (AvgIpc) is 2.96. The summed E-state index contributed by atoms with van der Waals surface area (Å²) in [4.78, 5) is 4.51. The first kappa shape index (κ1) is 12.8. The van der Waals surface area contributed by atoms with Crippen LogP contribution in [0.15, 0.2) is 60.0 Å². The van der Waals surface area contributed by atoms with E-state index in [1.165, 1.54) is 17.7 Å². The van der Waals surface area contributed by atoms with E-state index >= 15 is 0 Å². The van der Waals surface area contributed by atoms with Crippen molar-refractivity contribution in [3.8, 4) is 11.3 Å². The van der Waals surface area contributed by atoms with Crippen molar-refractivity contribution in [2.75, 3.05) is 5.32 Å². The fraction of sp³-hybridized carbons (Fsp3) is 0.0625. The van der Waals surface area contributed by atoms with Crippen LogP contribution in [0.1, 0.15) is 5.56 Å². The second kappa shape index (κ2) is 5.84. The molecule has 0 aliphatic carbocycles. The number of nitrogens with zero attached hydrogens (tertiary/aromatic N) is 1. The minimum absolute atomic E-state index is 0.230. The molecule has 3 rings (SSSR count). The van der Waals surface area contributed by atoms with Crippen LogP contribution in [-0.2, 0) is 6.54 Å². The molecule has 0 saturated carbocycles. The Morgan fingerprint density at radius 2 is 1.75 bits per heavy atom. The molecule has 0 amide bonds. The molecule has 0 aliphatic heterocycles. The maximum absolute atomic E-state index is 12.9. The Labute approximate surface area is 120 Å². The third-order valence-corrected chi connectivity index (χ3v) is 3.73. The predicted molar refractivity (Wildman–Crippen MR) is 81.3 cm³/mol. The van der Waals surface area contributed by atoms with E-state index in [0.717, 1.165) is 22.9 Å². The number of benzene rings is 2. The number of aromatic nitrogens is 1. The van der Waals surface area contributed by atoms with Gasteiger partial charge in [-0.15, -0.1) is 11.3 Å². The molecule has 2 nitrogen and oxygen atoms in total. The molecule has 1 aromatic heterocycles. The van der Waals surface area contributed by atoms with Crippen LogP contribution in [0.5, 0.6) is 0 Å². The Hall–Kier alpha value is -2.20. The van der Waals surface area contributed by atoms with Crippen molar-refractivity contribution in [1.82, 2.24) is 4.98 Å². The molecule has 4 heteroatoms. The van der Waals surface area contributed by atoms with Crippen molar-refractivity contribution < 1.29 is 4.39 Å². The van der Waals surface area contributed by atoms with E-state index in [9.17, 15) is 4.39 Å². The minimum atomic E-state index is -0.230. The zero-order chi connectivity index (χ0) is 13.8. The lowest BCUT2D eigenvalue weighted by Gasteiger charge is -2.02. The van der Waals surface area contributed by atoms with Gasteiger partial charge in [0.15, 0.2) is 5.13 Å². The number of hydrogen-bond donors (Lipinski definition) is 1. The fourth-order valence-electron chi connectivity index (χ4n) is 1.88. The highest BCUT2D eigenvalue weighted by Gasteiger charge is 2.04. The number of rotatable bonds is 4. The molecule has 1 heterocycles. The van der Waals surface area contributed by atoms with Gasteiger partial charge in [-0.05, 0) is 29.8 Å². The van der Waals surface area contributed by atoms with Gasteiger partial charge in [0.2, 0.25) is 0 Å². The van der Waals surface area contributed by atoms with Gasteiger partial charge in [-0.25, -0.2) is 9.37 Å². The number of nitrogens with one attached hydrogen (secondary N) is 1. The summed E-state index contributed by atoms with van der Waals surface area (Å²) in [6, 6.07) is 16.6. The molecular formula is C16H13FN2S. The standard InChI is InChI=1S/C16H13FN2S/c17-14-8-6-13(7-9-14)15-11-20-16(19-15)18-10-12-4-2-1-3-5-12/h1-9,11H,10H2,(H,18,19). The normalized spacial score (nSPS) is 10.4. The molecule has 2 aromatic carbocycles. The van der Waals surface area contributed by atoms with Crippen LogP contribution in [0.25, 0.3) is 11.3 Å². The first-order valence-electron chi connectivity index (χ1n) is 6.30. The van der Waals surface area contributed by atoms with Gasteiger partial charge in [-0.1, -0.05) is 30.3 Å². The fourth-order valence-corrected chi connectivity index (χ4v) is 2.60. The van der Waals surface area contributed by atoms with Crippen molar-refractivity contribution in [3.63, 3.8) is 0 Å². The Morgan fingerprint density at radius 3 is 2.50 bits per heavy atom. The molecule has 100 valence electrons. The van der Waals surface area contributed by atoms with E-state index < -0.39 is 0 Å². The van der Waals surface area contributed by atoms with E-state index in [4.69, 9.17) is 0 Å². The Morgan fingerprint density at radius 1 is 1.00 bits per heavy atom. The van der Waals surface area contributed by atoms with Crippen molar-refractivity contribution >= 4 is 16.5 Å². The predicted octanol–water partition coefficient (Wildman–Crippen LogP) is 4.56. The maximum Gasteiger partial charge on any atom is 0.183 e. The van der Waals surface area contributed by atoms with Crippen molar-refractivity contribution in [3.05, 3.63) is 71.4 Å². The Balaban J connectivity index is 1.69. The second-order valence-corrected chi connectivity index (χ2v) is 5.24. The monoisotopic (exact) mass is 284 g/mol. The second-order valence-electron chi connectivity index (χ2n) is 4.38. The summed E-state index contributed by atoms with van der Waals surface area (Å²) in [5.41, 5.74) is 3.01. The van der Waals surface area contributed by atoms with E-state index in [0.29, 0.717) is 0 Å². The average molecular weight is 284 g/mol. The summed E-state index contributed by atoms with van der Waals surface area (Å²) in [6.07, 6.45) is 0.